The van der Waals surface area contributed by atoms with Crippen molar-refractivity contribution in [2.45, 2.75) is 13.0 Å². The van der Waals surface area contributed by atoms with E-state index in [0.717, 1.165) is 35.3 Å². The van der Waals surface area contributed by atoms with Crippen molar-refractivity contribution in [3.63, 3.8) is 0 Å². The summed E-state index contributed by atoms with van der Waals surface area (Å²) in [4.78, 5) is 23.8. The molecule has 4 heterocycles. The molecular formula is C26H24N6O5S. The Morgan fingerprint density at radius 3 is 2.50 bits per heavy atom. The summed E-state index contributed by atoms with van der Waals surface area (Å²) < 4.78 is 29.8. The first-order chi connectivity index (χ1) is 18.5. The van der Waals surface area contributed by atoms with Gasteiger partial charge in [-0.15, -0.1) is 0 Å². The summed E-state index contributed by atoms with van der Waals surface area (Å²) in [5, 5.41) is 6.53. The molecule has 1 aliphatic rings. The highest BCUT2D eigenvalue weighted by Crippen LogP contribution is 2.37. The Labute approximate surface area is 220 Å². The van der Waals surface area contributed by atoms with Gasteiger partial charge in [0.05, 0.1) is 30.2 Å². The number of ether oxygens (including phenoxy) is 1. The van der Waals surface area contributed by atoms with Crippen LogP contribution < -0.4 is 16.3 Å². The number of nitrogens with two attached hydrogens (primary N) is 1. The van der Waals surface area contributed by atoms with Gasteiger partial charge >= 0.3 is 17.2 Å². The molecule has 0 radical (unpaired) electrons. The molecule has 2 aromatic carbocycles. The highest BCUT2D eigenvalue weighted by Gasteiger charge is 2.24. The van der Waals surface area contributed by atoms with E-state index in [2.05, 4.69) is 32.1 Å². The minimum atomic E-state index is -0.750. The molecule has 1 aliphatic heterocycles. The number of fused-ring (bicyclic) bond motifs is 2. The van der Waals surface area contributed by atoms with Gasteiger partial charge in [0.25, 0.3) is 0 Å². The van der Waals surface area contributed by atoms with Crippen molar-refractivity contribution in [1.29, 1.82) is 0 Å². The quantitative estimate of drug-likeness (QED) is 0.366. The molecule has 1 fully saturated rings. The van der Waals surface area contributed by atoms with Crippen molar-refractivity contribution in [2.24, 2.45) is 0 Å². The van der Waals surface area contributed by atoms with Crippen LogP contribution in [0.4, 0.5) is 11.5 Å². The normalized spacial score (nSPS) is 14.2. The maximum atomic E-state index is 13.0. The average Bonchev–Trinajstić information content (AvgIpc) is 3.39. The van der Waals surface area contributed by atoms with Crippen LogP contribution in [-0.4, -0.2) is 54.5 Å². The van der Waals surface area contributed by atoms with E-state index in [4.69, 9.17) is 23.3 Å². The Hall–Kier alpha value is -4.42. The van der Waals surface area contributed by atoms with E-state index < -0.39 is 17.6 Å². The lowest BCUT2D eigenvalue weighted by Crippen LogP contribution is -2.36. The topological polar surface area (TPSA) is 146 Å². The van der Waals surface area contributed by atoms with Gasteiger partial charge in [0.1, 0.15) is 23.9 Å². The SMILES string of the molecule is CC(c1oc(=O)c2ccccc2c1-c1cccc(N2CCOCC2)c1)n1ncc2c(N)ncnc21.O=S=O. The third-order valence-corrected chi connectivity index (χ3v) is 6.54. The molecule has 11 nitrogen and oxygen atoms in total. The van der Waals surface area contributed by atoms with Gasteiger partial charge in [0.15, 0.2) is 5.65 Å². The van der Waals surface area contributed by atoms with Crippen LogP contribution in [-0.2, 0) is 16.3 Å². The number of benzene rings is 2. The van der Waals surface area contributed by atoms with Crippen LogP contribution in [0.25, 0.3) is 32.9 Å². The van der Waals surface area contributed by atoms with Crippen molar-refractivity contribution in [3.8, 4) is 11.1 Å². The molecule has 0 bridgehead atoms. The standard InChI is InChI=1S/C26H24N6O3.O2S/c1-16(32-25-21(14-30-32)24(27)28-15-29-25)23-22(19-7-2-3-8-20(19)26(33)35-23)17-5-4-6-18(13-17)31-9-11-34-12-10-31;1-3-2/h2-8,13-16H,9-12H2,1H3,(H2,27,28,29);. The number of nitrogens with zero attached hydrogens (tertiary/aromatic N) is 5. The second-order valence-electron chi connectivity index (χ2n) is 8.65. The predicted molar refractivity (Wildman–Crippen MR) is 143 cm³/mol. The fraction of sp³-hybridized carbons (Fsp3) is 0.231. The maximum Gasteiger partial charge on any atom is 0.343 e. The van der Waals surface area contributed by atoms with Gasteiger partial charge < -0.3 is 19.8 Å². The minimum Gasteiger partial charge on any atom is -0.424 e. The third-order valence-electron chi connectivity index (χ3n) is 6.54. The highest BCUT2D eigenvalue weighted by atomic mass is 32.1. The molecule has 6 rings (SSSR count). The molecule has 38 heavy (non-hydrogen) atoms. The first-order valence-electron chi connectivity index (χ1n) is 11.9. The van der Waals surface area contributed by atoms with E-state index in [1.165, 1.54) is 6.33 Å². The summed E-state index contributed by atoms with van der Waals surface area (Å²) in [5.41, 5.74) is 9.13. The monoisotopic (exact) mass is 532 g/mol. The highest BCUT2D eigenvalue weighted by molar-refractivity contribution is 7.51. The van der Waals surface area contributed by atoms with Crippen LogP contribution in [0.15, 0.2) is 70.3 Å². The van der Waals surface area contributed by atoms with Gasteiger partial charge in [-0.25, -0.2) is 19.4 Å². The van der Waals surface area contributed by atoms with Gasteiger partial charge in [-0.3, -0.25) is 0 Å². The van der Waals surface area contributed by atoms with Crippen molar-refractivity contribution >= 4 is 44.9 Å². The lowest BCUT2D eigenvalue weighted by Gasteiger charge is -2.29. The van der Waals surface area contributed by atoms with Crippen LogP contribution >= 0.6 is 0 Å². The first kappa shape index (κ1) is 25.2. The van der Waals surface area contributed by atoms with Crippen LogP contribution in [0.1, 0.15) is 18.7 Å². The van der Waals surface area contributed by atoms with Gasteiger partial charge in [-0.1, -0.05) is 30.3 Å². The molecule has 12 heteroatoms. The van der Waals surface area contributed by atoms with E-state index in [1.54, 1.807) is 16.9 Å². The van der Waals surface area contributed by atoms with Crippen molar-refractivity contribution in [2.75, 3.05) is 36.9 Å². The molecule has 0 saturated carbocycles. The smallest absolute Gasteiger partial charge is 0.343 e. The summed E-state index contributed by atoms with van der Waals surface area (Å²) in [6.45, 7) is 5.00. The molecule has 2 N–H and O–H groups in total. The van der Waals surface area contributed by atoms with Crippen LogP contribution in [0.3, 0.4) is 0 Å². The van der Waals surface area contributed by atoms with Gasteiger partial charge in [0.2, 0.25) is 0 Å². The molecule has 0 amide bonds. The first-order valence-corrected chi connectivity index (χ1v) is 12.5. The minimum absolute atomic E-state index is 0.354. The average molecular weight is 533 g/mol. The number of rotatable bonds is 4. The zero-order chi connectivity index (χ0) is 26.6. The second-order valence-corrected chi connectivity index (χ2v) is 8.79. The Morgan fingerprint density at radius 1 is 1.00 bits per heavy atom. The molecule has 0 spiro atoms. The van der Waals surface area contributed by atoms with Crippen LogP contribution in [0, 0.1) is 0 Å². The Morgan fingerprint density at radius 2 is 1.74 bits per heavy atom. The van der Waals surface area contributed by atoms with E-state index in [1.807, 2.05) is 37.3 Å². The number of morpholine rings is 1. The zero-order valence-electron chi connectivity index (χ0n) is 20.4. The van der Waals surface area contributed by atoms with Gasteiger partial charge in [0, 0.05) is 29.7 Å². The van der Waals surface area contributed by atoms with Crippen molar-refractivity contribution in [1.82, 2.24) is 19.7 Å². The molecule has 194 valence electrons. The lowest BCUT2D eigenvalue weighted by atomic mass is 9.95. The summed E-state index contributed by atoms with van der Waals surface area (Å²) in [6, 6.07) is 15.4. The molecule has 3 aromatic heterocycles. The fourth-order valence-corrected chi connectivity index (χ4v) is 4.76. The fourth-order valence-electron chi connectivity index (χ4n) is 4.76. The lowest BCUT2D eigenvalue weighted by molar-refractivity contribution is 0.122. The number of hydrogen-bond donors (Lipinski definition) is 1. The molecule has 1 unspecified atom stereocenters. The number of hydrogen-bond acceptors (Lipinski definition) is 10. The summed E-state index contributed by atoms with van der Waals surface area (Å²) >= 11 is -0.750. The van der Waals surface area contributed by atoms with E-state index in [9.17, 15) is 4.79 Å². The molecule has 5 aromatic rings. The van der Waals surface area contributed by atoms with E-state index in [0.29, 0.717) is 41.2 Å². The molecule has 0 aliphatic carbocycles. The second kappa shape index (κ2) is 10.9. The van der Waals surface area contributed by atoms with E-state index in [-0.39, 0.29) is 5.63 Å². The van der Waals surface area contributed by atoms with Crippen molar-refractivity contribution in [3.05, 3.63) is 77.2 Å². The van der Waals surface area contributed by atoms with Gasteiger partial charge in [-0.2, -0.15) is 13.5 Å². The molecule has 1 saturated heterocycles. The van der Waals surface area contributed by atoms with Crippen LogP contribution in [0.2, 0.25) is 0 Å². The maximum absolute atomic E-state index is 13.0. The number of nitrogen functional groups attached to an aromatic ring is 1. The number of aromatic nitrogens is 4. The van der Waals surface area contributed by atoms with E-state index >= 15 is 0 Å². The number of anilines is 2. The Kier molecular flexibility index (Phi) is 7.24. The summed E-state index contributed by atoms with van der Waals surface area (Å²) in [6.07, 6.45) is 3.05. The zero-order valence-corrected chi connectivity index (χ0v) is 21.3. The predicted octanol–water partition coefficient (Wildman–Crippen LogP) is 2.96. The van der Waals surface area contributed by atoms with Gasteiger partial charge in [-0.05, 0) is 30.7 Å². The largest absolute Gasteiger partial charge is 0.424 e. The Balaban J connectivity index is 0.000000937. The molecular weight excluding hydrogens is 508 g/mol. The Bertz CT molecular complexity index is 1710. The van der Waals surface area contributed by atoms with Crippen LogP contribution in [0.5, 0.6) is 0 Å². The summed E-state index contributed by atoms with van der Waals surface area (Å²) in [7, 11) is 0. The summed E-state index contributed by atoms with van der Waals surface area (Å²) in [5.74, 6) is 0.863. The third kappa shape index (κ3) is 4.66. The van der Waals surface area contributed by atoms with Crippen molar-refractivity contribution < 1.29 is 17.6 Å². The molecule has 1 atom stereocenters.